The lowest BCUT2D eigenvalue weighted by molar-refractivity contribution is -0.114. The van der Waals surface area contributed by atoms with Crippen LogP contribution in [0.1, 0.15) is 36.5 Å². The van der Waals surface area contributed by atoms with Crippen molar-refractivity contribution in [1.29, 1.82) is 0 Å². The van der Waals surface area contributed by atoms with Crippen molar-refractivity contribution in [3.05, 3.63) is 71.3 Å². The Hall–Kier alpha value is -3.15. The third kappa shape index (κ3) is 4.06. The van der Waals surface area contributed by atoms with Gasteiger partial charge in [0.25, 0.3) is 5.91 Å². The van der Waals surface area contributed by atoms with E-state index >= 15 is 0 Å². The highest BCUT2D eigenvalue weighted by Gasteiger charge is 2.47. The van der Waals surface area contributed by atoms with Crippen LogP contribution >= 0.6 is 0 Å². The van der Waals surface area contributed by atoms with E-state index in [1.54, 1.807) is 7.05 Å². The summed E-state index contributed by atoms with van der Waals surface area (Å²) in [5, 5.41) is 10.8. The van der Waals surface area contributed by atoms with E-state index < -0.39 is 0 Å². The lowest BCUT2D eigenvalue weighted by Gasteiger charge is -2.15. The van der Waals surface area contributed by atoms with Crippen molar-refractivity contribution in [1.82, 2.24) is 5.32 Å². The van der Waals surface area contributed by atoms with Crippen LogP contribution in [0.3, 0.4) is 0 Å². The minimum absolute atomic E-state index is 0.00839. The fourth-order valence-corrected chi connectivity index (χ4v) is 3.33. The maximum atomic E-state index is 12.1. The quantitative estimate of drug-likeness (QED) is 0.564. The first-order valence-corrected chi connectivity index (χ1v) is 9.26. The molecule has 1 aliphatic rings. The third-order valence-corrected chi connectivity index (χ3v) is 5.09. The predicted molar refractivity (Wildman–Crippen MR) is 109 cm³/mol. The van der Waals surface area contributed by atoms with E-state index in [0.717, 1.165) is 24.1 Å². The molecule has 1 N–H and O–H groups in total. The van der Waals surface area contributed by atoms with E-state index in [1.807, 2.05) is 37.3 Å². The maximum absolute atomic E-state index is 12.1. The molecule has 3 rings (SSSR count). The second-order valence-electron chi connectivity index (χ2n) is 6.76. The average Bonchev–Trinajstić information content (AvgIpc) is 3.55. The number of rotatable bonds is 8. The van der Waals surface area contributed by atoms with Crippen LogP contribution in [-0.4, -0.2) is 31.5 Å². The number of hydrogen-bond acceptors (Lipinski definition) is 5. The first kappa shape index (κ1) is 19.6. The molecular formula is C22H25N3O3. The summed E-state index contributed by atoms with van der Waals surface area (Å²) in [6, 6.07) is 17.8. The van der Waals surface area contributed by atoms with Crippen molar-refractivity contribution in [3.8, 4) is 0 Å². The molecule has 1 saturated carbocycles. The molecule has 0 saturated heterocycles. The van der Waals surface area contributed by atoms with Crippen molar-refractivity contribution in [2.75, 3.05) is 14.2 Å². The summed E-state index contributed by atoms with van der Waals surface area (Å²) in [6.45, 7) is 2.24. The normalized spacial score (nSPS) is 15.7. The zero-order valence-electron chi connectivity index (χ0n) is 16.4. The topological polar surface area (TPSA) is 72.3 Å². The van der Waals surface area contributed by atoms with Crippen LogP contribution in [0.5, 0.6) is 0 Å². The van der Waals surface area contributed by atoms with Crippen molar-refractivity contribution < 1.29 is 14.5 Å². The summed E-state index contributed by atoms with van der Waals surface area (Å²) in [5.74, 6) is -0.324. The lowest BCUT2D eigenvalue weighted by atomic mass is 9.92. The Morgan fingerprint density at radius 2 is 1.75 bits per heavy atom. The Morgan fingerprint density at radius 1 is 1.07 bits per heavy atom. The molecule has 2 aromatic carbocycles. The van der Waals surface area contributed by atoms with Crippen molar-refractivity contribution in [3.63, 3.8) is 0 Å². The molecule has 6 nitrogen and oxygen atoms in total. The minimum Gasteiger partial charge on any atom is -0.398 e. The zero-order chi connectivity index (χ0) is 20.0. The monoisotopic (exact) mass is 379 g/mol. The largest absolute Gasteiger partial charge is 0.398 e. The first-order valence-electron chi connectivity index (χ1n) is 9.26. The highest BCUT2D eigenvalue weighted by atomic mass is 16.6. The van der Waals surface area contributed by atoms with Crippen molar-refractivity contribution >= 4 is 17.3 Å². The molecule has 0 heterocycles. The second-order valence-corrected chi connectivity index (χ2v) is 6.76. The first-order chi connectivity index (χ1) is 13.6. The van der Waals surface area contributed by atoms with Gasteiger partial charge in [-0.25, -0.2) is 0 Å². The molecule has 0 radical (unpaired) electrons. The standard InChI is InChI=1S/C22H25N3O3/c1-16(22(13-14-22)18-10-5-4-6-11-18)24-28-15-17-9-7-8-12-19(17)20(25-27-3)21(26)23-2/h4-12H,13-15H2,1-3H3,(H,23,26). The molecule has 28 heavy (non-hydrogen) atoms. The van der Waals surface area contributed by atoms with Gasteiger partial charge >= 0.3 is 0 Å². The molecule has 0 spiro atoms. The number of nitrogens with zero attached hydrogens (tertiary/aromatic N) is 2. The van der Waals surface area contributed by atoms with Crippen molar-refractivity contribution in [2.24, 2.45) is 10.3 Å². The van der Waals surface area contributed by atoms with Gasteiger partial charge in [0.05, 0.1) is 5.71 Å². The van der Waals surface area contributed by atoms with Crippen LogP contribution in [-0.2, 0) is 26.5 Å². The van der Waals surface area contributed by atoms with Crippen LogP contribution in [0, 0.1) is 0 Å². The van der Waals surface area contributed by atoms with E-state index in [0.29, 0.717) is 5.56 Å². The van der Waals surface area contributed by atoms with Gasteiger partial charge < -0.3 is 15.0 Å². The molecule has 146 valence electrons. The molecule has 0 unspecified atom stereocenters. The van der Waals surface area contributed by atoms with Gasteiger partial charge in [0.1, 0.15) is 13.7 Å². The number of carbonyl (C=O) groups is 1. The van der Waals surface area contributed by atoms with Crippen LogP contribution in [0.25, 0.3) is 0 Å². The van der Waals surface area contributed by atoms with Crippen LogP contribution in [0.2, 0.25) is 0 Å². The third-order valence-electron chi connectivity index (χ3n) is 5.09. The number of benzene rings is 2. The molecule has 1 amide bonds. The Morgan fingerprint density at radius 3 is 2.39 bits per heavy atom. The van der Waals surface area contributed by atoms with Crippen LogP contribution in [0.15, 0.2) is 64.9 Å². The van der Waals surface area contributed by atoms with Gasteiger partial charge in [0, 0.05) is 23.6 Å². The summed E-state index contributed by atoms with van der Waals surface area (Å²) in [7, 11) is 2.97. The van der Waals surface area contributed by atoms with E-state index in [-0.39, 0.29) is 23.6 Å². The van der Waals surface area contributed by atoms with Crippen LogP contribution < -0.4 is 5.32 Å². The second kappa shape index (κ2) is 8.69. The molecular weight excluding hydrogens is 354 g/mol. The Kier molecular flexibility index (Phi) is 6.09. The van der Waals surface area contributed by atoms with Gasteiger partial charge in [0.15, 0.2) is 5.71 Å². The number of hydrogen-bond donors (Lipinski definition) is 1. The maximum Gasteiger partial charge on any atom is 0.273 e. The minimum atomic E-state index is -0.324. The number of nitrogens with one attached hydrogen (secondary N) is 1. The van der Waals surface area contributed by atoms with Gasteiger partial charge in [-0.1, -0.05) is 64.9 Å². The Bertz CT molecular complexity index is 887. The SMILES string of the molecule is CNC(=O)C(=NOC)c1ccccc1CON=C(C)C1(c2ccccc2)CC1. The number of likely N-dealkylation sites (N-methyl/N-ethyl adjacent to an activating group) is 1. The Balaban J connectivity index is 1.76. The number of oxime groups is 2. The highest BCUT2D eigenvalue weighted by molar-refractivity contribution is 6.45. The van der Waals surface area contributed by atoms with E-state index in [2.05, 4.69) is 39.9 Å². The smallest absolute Gasteiger partial charge is 0.273 e. The van der Waals surface area contributed by atoms with Crippen LogP contribution in [0.4, 0.5) is 0 Å². The summed E-state index contributed by atoms with van der Waals surface area (Å²) < 4.78 is 0. The van der Waals surface area contributed by atoms with Gasteiger partial charge in [0.2, 0.25) is 0 Å². The molecule has 6 heteroatoms. The fraction of sp³-hybridized carbons (Fsp3) is 0.318. The van der Waals surface area contributed by atoms with E-state index in [9.17, 15) is 4.79 Å². The van der Waals surface area contributed by atoms with Crippen molar-refractivity contribution in [2.45, 2.75) is 31.8 Å². The molecule has 0 atom stereocenters. The van der Waals surface area contributed by atoms with Gasteiger partial charge in [-0.05, 0) is 25.3 Å². The Labute approximate surface area is 165 Å². The number of carbonyl (C=O) groups excluding carboxylic acids is 1. The summed E-state index contributed by atoms with van der Waals surface area (Å²) >= 11 is 0. The molecule has 2 aromatic rings. The molecule has 0 aliphatic heterocycles. The van der Waals surface area contributed by atoms with Gasteiger partial charge in [-0.15, -0.1) is 0 Å². The fourth-order valence-electron chi connectivity index (χ4n) is 3.33. The molecule has 1 fully saturated rings. The van der Waals surface area contributed by atoms with Gasteiger partial charge in [-0.2, -0.15) is 0 Å². The zero-order valence-corrected chi connectivity index (χ0v) is 16.4. The molecule has 0 aromatic heterocycles. The molecule has 0 bridgehead atoms. The number of amides is 1. The predicted octanol–water partition coefficient (Wildman–Crippen LogP) is 3.41. The summed E-state index contributed by atoms with van der Waals surface area (Å²) in [4.78, 5) is 22.7. The lowest BCUT2D eigenvalue weighted by Crippen LogP contribution is -2.29. The highest BCUT2D eigenvalue weighted by Crippen LogP contribution is 2.49. The summed E-state index contributed by atoms with van der Waals surface area (Å²) in [6.07, 6.45) is 2.15. The average molecular weight is 379 g/mol. The van der Waals surface area contributed by atoms with E-state index in [1.165, 1.54) is 12.7 Å². The summed E-state index contributed by atoms with van der Waals surface area (Å²) in [5.41, 5.74) is 3.89. The molecule has 1 aliphatic carbocycles. The van der Waals surface area contributed by atoms with Gasteiger partial charge in [-0.3, -0.25) is 4.79 Å². The van der Waals surface area contributed by atoms with E-state index in [4.69, 9.17) is 9.68 Å².